The van der Waals surface area contributed by atoms with Crippen molar-refractivity contribution < 1.29 is 27.9 Å². The minimum Gasteiger partial charge on any atom is -0.362 e. The van der Waals surface area contributed by atoms with Gasteiger partial charge in [-0.15, -0.1) is 0 Å². The maximum Gasteiger partial charge on any atom is 0.438 e. The molecule has 1 aliphatic heterocycles. The van der Waals surface area contributed by atoms with E-state index >= 15 is 0 Å². The van der Waals surface area contributed by atoms with Crippen molar-refractivity contribution in [2.45, 2.75) is 31.7 Å². The van der Waals surface area contributed by atoms with Gasteiger partial charge in [-0.3, -0.25) is 9.59 Å². The van der Waals surface area contributed by atoms with Gasteiger partial charge in [0.1, 0.15) is 0 Å². The van der Waals surface area contributed by atoms with Gasteiger partial charge in [-0.25, -0.2) is 0 Å². The van der Waals surface area contributed by atoms with E-state index in [4.69, 9.17) is 0 Å². The lowest BCUT2D eigenvalue weighted by molar-refractivity contribution is -0.301. The van der Waals surface area contributed by atoms with E-state index in [0.29, 0.717) is 6.42 Å². The molecule has 0 aliphatic carbocycles. The van der Waals surface area contributed by atoms with Crippen LogP contribution < -0.4 is 5.32 Å². The summed E-state index contributed by atoms with van der Waals surface area (Å²) in [4.78, 5) is 23.7. The Morgan fingerprint density at radius 3 is 2.54 bits per heavy atom. The zero-order valence-corrected chi connectivity index (χ0v) is 12.8. The summed E-state index contributed by atoms with van der Waals surface area (Å²) in [6.07, 6.45) is -5.61. The Morgan fingerprint density at radius 2 is 1.96 bits per heavy atom. The number of hydrogen-bond acceptors (Lipinski definition) is 4. The highest BCUT2D eigenvalue weighted by atomic mass is 19.4. The maximum atomic E-state index is 13.0. The van der Waals surface area contributed by atoms with E-state index in [-0.39, 0.29) is 17.3 Å². The Hall–Kier alpha value is -2.42. The van der Waals surface area contributed by atoms with Crippen LogP contribution in [0.1, 0.15) is 18.9 Å². The summed E-state index contributed by atoms with van der Waals surface area (Å²) >= 11 is 0. The maximum absolute atomic E-state index is 13.0. The van der Waals surface area contributed by atoms with Crippen molar-refractivity contribution in [2.75, 3.05) is 6.54 Å². The average Bonchev–Trinajstić information content (AvgIpc) is 2.83. The smallest absolute Gasteiger partial charge is 0.362 e. The molecule has 0 fully saturated rings. The molecule has 0 saturated carbocycles. The predicted molar refractivity (Wildman–Crippen MR) is 78.7 cm³/mol. The molecule has 2 rings (SSSR count). The van der Waals surface area contributed by atoms with Crippen LogP contribution in [0.4, 0.5) is 13.2 Å². The van der Waals surface area contributed by atoms with E-state index in [1.165, 1.54) is 6.92 Å². The minimum atomic E-state index is -5.13. The van der Waals surface area contributed by atoms with Crippen molar-refractivity contribution >= 4 is 17.5 Å². The number of nitrogens with one attached hydrogen (secondary N) is 1. The van der Waals surface area contributed by atoms with Gasteiger partial charge in [0.25, 0.3) is 5.72 Å². The number of nitrogens with zero attached hydrogens (tertiary/aromatic N) is 2. The van der Waals surface area contributed by atoms with Gasteiger partial charge in [-0.05, 0) is 18.9 Å². The molecule has 1 unspecified atom stereocenters. The van der Waals surface area contributed by atoms with Crippen molar-refractivity contribution in [3.8, 4) is 0 Å². The van der Waals surface area contributed by atoms with Crippen LogP contribution in [0.3, 0.4) is 0 Å². The molecule has 9 heteroatoms. The van der Waals surface area contributed by atoms with Crippen LogP contribution >= 0.6 is 0 Å². The first-order valence-electron chi connectivity index (χ1n) is 7.14. The largest absolute Gasteiger partial charge is 0.438 e. The highest BCUT2D eigenvalue weighted by molar-refractivity contribution is 6.35. The van der Waals surface area contributed by atoms with Gasteiger partial charge in [-0.2, -0.15) is 23.3 Å². The van der Waals surface area contributed by atoms with Gasteiger partial charge in [0.15, 0.2) is 0 Å². The molecule has 24 heavy (non-hydrogen) atoms. The van der Waals surface area contributed by atoms with Gasteiger partial charge in [0.2, 0.25) is 0 Å². The zero-order chi connectivity index (χ0) is 18.0. The first-order chi connectivity index (χ1) is 11.1. The summed E-state index contributed by atoms with van der Waals surface area (Å²) in [7, 11) is 0. The van der Waals surface area contributed by atoms with Crippen LogP contribution in [-0.4, -0.2) is 46.1 Å². The third kappa shape index (κ3) is 3.56. The van der Waals surface area contributed by atoms with Crippen molar-refractivity contribution in [2.24, 2.45) is 5.10 Å². The quantitative estimate of drug-likeness (QED) is 0.809. The van der Waals surface area contributed by atoms with Crippen LogP contribution in [0.2, 0.25) is 0 Å². The molecular formula is C15H16F3N3O3. The number of amides is 2. The van der Waals surface area contributed by atoms with E-state index in [1.807, 2.05) is 18.2 Å². The molecule has 0 aromatic heterocycles. The Kier molecular flexibility index (Phi) is 4.93. The number of rotatable bonds is 3. The predicted octanol–water partition coefficient (Wildman–Crippen LogP) is 1.20. The Balaban J connectivity index is 2.00. The number of alkyl halides is 3. The average molecular weight is 343 g/mol. The second kappa shape index (κ2) is 6.60. The number of benzene rings is 1. The standard InChI is InChI=1S/C15H16F3N3O3/c1-10-9-14(24,15(16,17)18)21(20-10)13(23)12(22)19-8-7-11-5-3-2-4-6-11/h2-6,24H,7-9H2,1H3,(H,19,22). The van der Waals surface area contributed by atoms with Crippen LogP contribution in [0, 0.1) is 0 Å². The zero-order valence-electron chi connectivity index (χ0n) is 12.8. The second-order valence-corrected chi connectivity index (χ2v) is 5.43. The van der Waals surface area contributed by atoms with E-state index < -0.39 is 30.1 Å². The van der Waals surface area contributed by atoms with Gasteiger partial charge in [0, 0.05) is 18.7 Å². The van der Waals surface area contributed by atoms with E-state index in [1.54, 1.807) is 12.1 Å². The summed E-state index contributed by atoms with van der Waals surface area (Å²) in [6, 6.07) is 9.03. The number of halogens is 3. The molecule has 0 bridgehead atoms. The molecule has 6 nitrogen and oxygen atoms in total. The first-order valence-corrected chi connectivity index (χ1v) is 7.14. The summed E-state index contributed by atoms with van der Waals surface area (Å²) in [5, 5.41) is 15.2. The van der Waals surface area contributed by atoms with Crippen molar-refractivity contribution in [1.29, 1.82) is 0 Å². The fraction of sp³-hybridized carbons (Fsp3) is 0.400. The lowest BCUT2D eigenvalue weighted by atomic mass is 10.1. The summed E-state index contributed by atoms with van der Waals surface area (Å²) < 4.78 is 39.0. The van der Waals surface area contributed by atoms with Crippen molar-refractivity contribution in [1.82, 2.24) is 10.3 Å². The van der Waals surface area contributed by atoms with E-state index in [0.717, 1.165) is 5.56 Å². The van der Waals surface area contributed by atoms with Crippen LogP contribution in [-0.2, 0) is 16.0 Å². The van der Waals surface area contributed by atoms with Crippen LogP contribution in [0.15, 0.2) is 35.4 Å². The van der Waals surface area contributed by atoms with Crippen LogP contribution in [0.5, 0.6) is 0 Å². The summed E-state index contributed by atoms with van der Waals surface area (Å²) in [6.45, 7) is 1.30. The number of hydrogen-bond donors (Lipinski definition) is 2. The molecule has 1 aromatic rings. The fourth-order valence-corrected chi connectivity index (χ4v) is 2.29. The molecule has 0 radical (unpaired) electrons. The van der Waals surface area contributed by atoms with Crippen molar-refractivity contribution in [3.63, 3.8) is 0 Å². The topological polar surface area (TPSA) is 82.0 Å². The number of hydrazone groups is 1. The molecule has 1 aromatic carbocycles. The Labute approximate surface area is 135 Å². The second-order valence-electron chi connectivity index (χ2n) is 5.43. The SMILES string of the molecule is CC1=NN(C(=O)C(=O)NCCc2ccccc2)C(O)(C(F)(F)F)C1. The third-order valence-electron chi connectivity index (χ3n) is 3.51. The van der Waals surface area contributed by atoms with Crippen LogP contribution in [0.25, 0.3) is 0 Å². The lowest BCUT2D eigenvalue weighted by Gasteiger charge is -2.32. The normalized spacial score (nSPS) is 20.7. The number of carbonyl (C=O) groups excluding carboxylic acids is 2. The summed E-state index contributed by atoms with van der Waals surface area (Å²) in [5.74, 6) is -2.81. The minimum absolute atomic E-state index is 0.0650. The van der Waals surface area contributed by atoms with Gasteiger partial charge in [-0.1, -0.05) is 30.3 Å². The molecule has 0 spiro atoms. The molecule has 1 heterocycles. The monoisotopic (exact) mass is 343 g/mol. The first kappa shape index (κ1) is 17.9. The Morgan fingerprint density at radius 1 is 1.33 bits per heavy atom. The highest BCUT2D eigenvalue weighted by Gasteiger charge is 2.63. The highest BCUT2D eigenvalue weighted by Crippen LogP contribution is 2.40. The van der Waals surface area contributed by atoms with Crippen molar-refractivity contribution in [3.05, 3.63) is 35.9 Å². The molecule has 2 amide bonds. The van der Waals surface area contributed by atoms with Gasteiger partial charge in [0.05, 0.1) is 0 Å². The molecule has 2 N–H and O–H groups in total. The lowest BCUT2D eigenvalue weighted by Crippen LogP contribution is -2.59. The number of aliphatic hydroxyl groups is 1. The fourth-order valence-electron chi connectivity index (χ4n) is 2.29. The molecule has 0 saturated heterocycles. The van der Waals surface area contributed by atoms with Gasteiger partial charge >= 0.3 is 18.0 Å². The molecule has 1 aliphatic rings. The molecular weight excluding hydrogens is 327 g/mol. The van der Waals surface area contributed by atoms with E-state index in [9.17, 15) is 27.9 Å². The molecule has 130 valence electrons. The number of carbonyl (C=O) groups is 2. The molecule has 1 atom stereocenters. The van der Waals surface area contributed by atoms with E-state index in [2.05, 4.69) is 10.4 Å². The third-order valence-corrected chi connectivity index (χ3v) is 3.51. The Bertz CT molecular complexity index is 661. The summed E-state index contributed by atoms with van der Waals surface area (Å²) in [5.41, 5.74) is -2.70. The van der Waals surface area contributed by atoms with Gasteiger partial charge < -0.3 is 10.4 Å².